The molecule has 1 aromatic carbocycles. The van der Waals surface area contributed by atoms with Crippen LogP contribution in [0.3, 0.4) is 0 Å². The Labute approximate surface area is 128 Å². The predicted octanol–water partition coefficient (Wildman–Crippen LogP) is 3.49. The van der Waals surface area contributed by atoms with E-state index in [-0.39, 0.29) is 0 Å². The molecule has 0 fully saturated rings. The highest BCUT2D eigenvalue weighted by Gasteiger charge is 2.11. The van der Waals surface area contributed by atoms with Gasteiger partial charge in [-0.1, -0.05) is 24.6 Å². The second-order valence-electron chi connectivity index (χ2n) is 4.97. The third-order valence-electron chi connectivity index (χ3n) is 3.40. The summed E-state index contributed by atoms with van der Waals surface area (Å²) >= 11 is 6.07. The van der Waals surface area contributed by atoms with Crippen molar-refractivity contribution in [2.75, 3.05) is 6.54 Å². The standard InChI is InChI=1S/C16H17ClN4/c1-3-18-9-12-7-15-11(2)20-21(16(15)19-10-12)14-6-4-5-13(17)8-14/h4-8,10,18H,3,9H2,1-2H3. The van der Waals surface area contributed by atoms with Crippen LogP contribution in [0.15, 0.2) is 36.5 Å². The van der Waals surface area contributed by atoms with E-state index in [0.29, 0.717) is 5.02 Å². The lowest BCUT2D eigenvalue weighted by atomic mass is 10.2. The van der Waals surface area contributed by atoms with Crippen LogP contribution in [-0.2, 0) is 6.54 Å². The summed E-state index contributed by atoms with van der Waals surface area (Å²) in [5.74, 6) is 0. The maximum atomic E-state index is 6.07. The smallest absolute Gasteiger partial charge is 0.163 e. The van der Waals surface area contributed by atoms with E-state index in [9.17, 15) is 0 Å². The van der Waals surface area contributed by atoms with E-state index >= 15 is 0 Å². The maximum Gasteiger partial charge on any atom is 0.163 e. The molecule has 2 heterocycles. The number of aryl methyl sites for hydroxylation is 1. The minimum Gasteiger partial charge on any atom is -0.313 e. The quantitative estimate of drug-likeness (QED) is 0.802. The highest BCUT2D eigenvalue weighted by atomic mass is 35.5. The second kappa shape index (κ2) is 5.84. The number of halogens is 1. The van der Waals surface area contributed by atoms with Crippen molar-refractivity contribution in [2.24, 2.45) is 0 Å². The van der Waals surface area contributed by atoms with Crippen LogP contribution in [-0.4, -0.2) is 21.3 Å². The van der Waals surface area contributed by atoms with Crippen LogP contribution in [0.4, 0.5) is 0 Å². The van der Waals surface area contributed by atoms with Gasteiger partial charge in [0.2, 0.25) is 0 Å². The molecule has 2 aromatic heterocycles. The molecule has 0 spiro atoms. The van der Waals surface area contributed by atoms with Crippen molar-refractivity contribution < 1.29 is 0 Å². The molecule has 4 nitrogen and oxygen atoms in total. The maximum absolute atomic E-state index is 6.07. The van der Waals surface area contributed by atoms with Gasteiger partial charge in [-0.05, 0) is 43.3 Å². The van der Waals surface area contributed by atoms with Crippen molar-refractivity contribution in [3.63, 3.8) is 0 Å². The zero-order chi connectivity index (χ0) is 14.8. The summed E-state index contributed by atoms with van der Waals surface area (Å²) in [6.45, 7) is 5.86. The SMILES string of the molecule is CCNCc1cnc2c(c1)c(C)nn2-c1cccc(Cl)c1. The number of benzene rings is 1. The van der Waals surface area contributed by atoms with Gasteiger partial charge in [0.05, 0.1) is 11.4 Å². The van der Waals surface area contributed by atoms with Crippen LogP contribution in [0.2, 0.25) is 5.02 Å². The molecule has 1 N–H and O–H groups in total. The molecule has 3 aromatic rings. The first kappa shape index (κ1) is 14.0. The topological polar surface area (TPSA) is 42.7 Å². The summed E-state index contributed by atoms with van der Waals surface area (Å²) < 4.78 is 1.84. The third kappa shape index (κ3) is 2.77. The number of fused-ring (bicyclic) bond motifs is 1. The van der Waals surface area contributed by atoms with Gasteiger partial charge in [-0.2, -0.15) is 5.10 Å². The van der Waals surface area contributed by atoms with Gasteiger partial charge in [-0.15, -0.1) is 0 Å². The number of pyridine rings is 1. The first-order valence-electron chi connectivity index (χ1n) is 7.00. The molecular formula is C16H17ClN4. The summed E-state index contributed by atoms with van der Waals surface area (Å²) in [6.07, 6.45) is 1.90. The highest BCUT2D eigenvalue weighted by Crippen LogP contribution is 2.22. The Bertz CT molecular complexity index is 779. The number of hydrogen-bond donors (Lipinski definition) is 1. The molecular weight excluding hydrogens is 284 g/mol. The monoisotopic (exact) mass is 300 g/mol. The molecule has 0 saturated heterocycles. The second-order valence-corrected chi connectivity index (χ2v) is 5.41. The van der Waals surface area contributed by atoms with Crippen LogP contribution in [0.25, 0.3) is 16.7 Å². The van der Waals surface area contributed by atoms with Gasteiger partial charge in [0.15, 0.2) is 5.65 Å². The van der Waals surface area contributed by atoms with Crippen molar-refractivity contribution in [2.45, 2.75) is 20.4 Å². The Morgan fingerprint density at radius 2 is 2.14 bits per heavy atom. The number of nitrogens with one attached hydrogen (secondary N) is 1. The zero-order valence-electron chi connectivity index (χ0n) is 12.1. The van der Waals surface area contributed by atoms with Crippen molar-refractivity contribution >= 4 is 22.6 Å². The minimum absolute atomic E-state index is 0.692. The lowest BCUT2D eigenvalue weighted by Crippen LogP contribution is -2.11. The fourth-order valence-electron chi connectivity index (χ4n) is 2.34. The molecule has 0 atom stereocenters. The van der Waals surface area contributed by atoms with Crippen LogP contribution in [0.5, 0.6) is 0 Å². The lowest BCUT2D eigenvalue weighted by molar-refractivity contribution is 0.725. The molecule has 0 amide bonds. The van der Waals surface area contributed by atoms with E-state index in [2.05, 4.69) is 28.4 Å². The van der Waals surface area contributed by atoms with Crippen LogP contribution in [0.1, 0.15) is 18.2 Å². The molecule has 0 radical (unpaired) electrons. The van der Waals surface area contributed by atoms with E-state index in [4.69, 9.17) is 11.6 Å². The van der Waals surface area contributed by atoms with Gasteiger partial charge >= 0.3 is 0 Å². The van der Waals surface area contributed by atoms with Crippen molar-refractivity contribution in [3.8, 4) is 5.69 Å². The molecule has 5 heteroatoms. The zero-order valence-corrected chi connectivity index (χ0v) is 12.9. The van der Waals surface area contributed by atoms with Gasteiger partial charge in [-0.3, -0.25) is 0 Å². The van der Waals surface area contributed by atoms with Gasteiger partial charge in [0, 0.05) is 23.2 Å². The van der Waals surface area contributed by atoms with Gasteiger partial charge < -0.3 is 5.32 Å². The van der Waals surface area contributed by atoms with E-state index in [1.807, 2.05) is 42.1 Å². The molecule has 21 heavy (non-hydrogen) atoms. The summed E-state index contributed by atoms with van der Waals surface area (Å²) in [6, 6.07) is 9.79. The predicted molar refractivity (Wildman–Crippen MR) is 86.0 cm³/mol. The lowest BCUT2D eigenvalue weighted by Gasteiger charge is -2.04. The first-order valence-corrected chi connectivity index (χ1v) is 7.37. The highest BCUT2D eigenvalue weighted by molar-refractivity contribution is 6.30. The summed E-state index contributed by atoms with van der Waals surface area (Å²) in [7, 11) is 0. The largest absolute Gasteiger partial charge is 0.313 e. The van der Waals surface area contributed by atoms with E-state index in [0.717, 1.165) is 41.1 Å². The molecule has 108 valence electrons. The Kier molecular flexibility index (Phi) is 3.90. The fourth-order valence-corrected chi connectivity index (χ4v) is 2.53. The first-order chi connectivity index (χ1) is 10.2. The Morgan fingerprint density at radius 1 is 1.29 bits per heavy atom. The van der Waals surface area contributed by atoms with Gasteiger partial charge in [0.1, 0.15) is 0 Å². The molecule has 0 saturated carbocycles. The van der Waals surface area contributed by atoms with E-state index < -0.39 is 0 Å². The fraction of sp³-hybridized carbons (Fsp3) is 0.250. The summed E-state index contributed by atoms with van der Waals surface area (Å²) in [5.41, 5.74) is 3.91. The number of aromatic nitrogens is 3. The van der Waals surface area contributed by atoms with Gasteiger partial charge in [0.25, 0.3) is 0 Å². The number of nitrogens with zero attached hydrogens (tertiary/aromatic N) is 3. The molecule has 0 aliphatic heterocycles. The molecule has 0 aliphatic carbocycles. The molecule has 0 unspecified atom stereocenters. The van der Waals surface area contributed by atoms with Crippen molar-refractivity contribution in [1.82, 2.24) is 20.1 Å². The van der Waals surface area contributed by atoms with Crippen molar-refractivity contribution in [1.29, 1.82) is 0 Å². The summed E-state index contributed by atoms with van der Waals surface area (Å²) in [4.78, 5) is 4.58. The number of rotatable bonds is 4. The Morgan fingerprint density at radius 3 is 2.90 bits per heavy atom. The minimum atomic E-state index is 0.692. The number of hydrogen-bond acceptors (Lipinski definition) is 3. The Hall–Kier alpha value is -1.91. The van der Waals surface area contributed by atoms with Gasteiger partial charge in [-0.25, -0.2) is 9.67 Å². The molecule has 0 aliphatic rings. The molecule has 0 bridgehead atoms. The Balaban J connectivity index is 2.09. The van der Waals surface area contributed by atoms with Crippen LogP contribution < -0.4 is 5.32 Å². The average molecular weight is 301 g/mol. The van der Waals surface area contributed by atoms with Crippen molar-refractivity contribution in [3.05, 3.63) is 52.8 Å². The van der Waals surface area contributed by atoms with E-state index in [1.54, 1.807) is 0 Å². The average Bonchev–Trinajstić information content (AvgIpc) is 2.82. The van der Waals surface area contributed by atoms with E-state index in [1.165, 1.54) is 0 Å². The normalized spacial score (nSPS) is 11.2. The van der Waals surface area contributed by atoms with Crippen LogP contribution >= 0.6 is 11.6 Å². The third-order valence-corrected chi connectivity index (χ3v) is 3.63. The van der Waals surface area contributed by atoms with Crippen LogP contribution in [0, 0.1) is 6.92 Å². The summed E-state index contributed by atoms with van der Waals surface area (Å²) in [5, 5.41) is 9.67. The molecule has 3 rings (SSSR count).